The molecule has 2 amide bonds. The molecule has 146 valence electrons. The second kappa shape index (κ2) is 7.92. The number of piperidine rings is 1. The minimum atomic E-state index is -0.149. The maximum absolute atomic E-state index is 13.4. The van der Waals surface area contributed by atoms with Crippen LogP contribution in [0, 0.1) is 11.8 Å². The summed E-state index contributed by atoms with van der Waals surface area (Å²) in [5, 5.41) is 1.96. The summed E-state index contributed by atoms with van der Waals surface area (Å²) >= 11 is 1.53. The van der Waals surface area contributed by atoms with Crippen molar-refractivity contribution in [1.29, 1.82) is 0 Å². The molecule has 1 fully saturated rings. The van der Waals surface area contributed by atoms with Crippen molar-refractivity contribution in [3.05, 3.63) is 64.0 Å². The van der Waals surface area contributed by atoms with Crippen molar-refractivity contribution in [2.24, 2.45) is 11.8 Å². The number of amides is 2. The van der Waals surface area contributed by atoms with E-state index in [1.165, 1.54) is 16.2 Å². The summed E-state index contributed by atoms with van der Waals surface area (Å²) in [6.45, 7) is 6.53. The Morgan fingerprint density at radius 3 is 2.32 bits per heavy atom. The Morgan fingerprint density at radius 2 is 1.68 bits per heavy atom. The Hall–Kier alpha value is -2.40. The lowest BCUT2D eigenvalue weighted by molar-refractivity contribution is -0.137. The molecule has 0 bridgehead atoms. The van der Waals surface area contributed by atoms with E-state index < -0.39 is 0 Å². The smallest absolute Gasteiger partial charge is 0.277 e. The Labute approximate surface area is 170 Å². The zero-order valence-electron chi connectivity index (χ0n) is 16.4. The van der Waals surface area contributed by atoms with Crippen LogP contribution in [0.25, 0.3) is 5.57 Å². The molecular formula is C23H26N2O2S. The number of imide groups is 1. The Bertz CT molecular complexity index is 879. The van der Waals surface area contributed by atoms with Gasteiger partial charge in [-0.05, 0) is 41.7 Å². The zero-order valence-corrected chi connectivity index (χ0v) is 17.2. The molecule has 1 aromatic heterocycles. The molecule has 2 aliphatic heterocycles. The van der Waals surface area contributed by atoms with E-state index in [-0.39, 0.29) is 11.8 Å². The molecule has 0 radical (unpaired) electrons. The van der Waals surface area contributed by atoms with Gasteiger partial charge in [0.15, 0.2) is 0 Å². The van der Waals surface area contributed by atoms with E-state index in [9.17, 15) is 9.59 Å². The minimum absolute atomic E-state index is 0.134. The first-order valence-electron chi connectivity index (χ1n) is 9.97. The Balaban J connectivity index is 1.64. The van der Waals surface area contributed by atoms with E-state index >= 15 is 0 Å². The standard InChI is InChI=1S/C23H26N2O2S/c1-16-13-17(2)15-24(14-16)21-20(19-9-6-12-28-19)22(26)25(23(21)27)11-10-18-7-4-3-5-8-18/h3-9,12,16-17H,10-11,13-15H2,1-2H3. The highest BCUT2D eigenvalue weighted by atomic mass is 32.1. The van der Waals surface area contributed by atoms with Crippen molar-refractivity contribution >= 4 is 28.7 Å². The van der Waals surface area contributed by atoms with Gasteiger partial charge < -0.3 is 4.90 Å². The average Bonchev–Trinajstić information content (AvgIpc) is 3.27. The average molecular weight is 395 g/mol. The molecular weight excluding hydrogens is 368 g/mol. The molecule has 2 aromatic rings. The summed E-state index contributed by atoms with van der Waals surface area (Å²) in [6.07, 6.45) is 1.84. The van der Waals surface area contributed by atoms with E-state index in [2.05, 4.69) is 18.7 Å². The maximum Gasteiger partial charge on any atom is 0.277 e. The first kappa shape index (κ1) is 18.9. The van der Waals surface area contributed by atoms with Crippen LogP contribution in [0.15, 0.2) is 53.5 Å². The number of thiophene rings is 1. The van der Waals surface area contributed by atoms with E-state index in [0.717, 1.165) is 30.0 Å². The quantitative estimate of drug-likeness (QED) is 0.719. The summed E-state index contributed by atoms with van der Waals surface area (Å²) in [7, 11) is 0. The van der Waals surface area contributed by atoms with Crippen molar-refractivity contribution < 1.29 is 9.59 Å². The fourth-order valence-electron chi connectivity index (χ4n) is 4.43. The van der Waals surface area contributed by atoms with E-state index in [0.29, 0.717) is 36.1 Å². The predicted molar refractivity (Wildman–Crippen MR) is 113 cm³/mol. The summed E-state index contributed by atoms with van der Waals surface area (Å²) in [4.78, 5) is 31.1. The van der Waals surface area contributed by atoms with Gasteiger partial charge in [0, 0.05) is 24.5 Å². The molecule has 2 atom stereocenters. The molecule has 5 heteroatoms. The van der Waals surface area contributed by atoms with Gasteiger partial charge in [0.05, 0.1) is 5.57 Å². The summed E-state index contributed by atoms with van der Waals surface area (Å²) < 4.78 is 0. The van der Waals surface area contributed by atoms with Crippen molar-refractivity contribution in [2.75, 3.05) is 19.6 Å². The number of benzene rings is 1. The highest BCUT2D eigenvalue weighted by molar-refractivity contribution is 7.11. The SMILES string of the molecule is CC1CC(C)CN(C2=C(c3cccs3)C(=O)N(CCc3ccccc3)C2=O)C1. The van der Waals surface area contributed by atoms with Gasteiger partial charge in [-0.15, -0.1) is 11.3 Å². The van der Waals surface area contributed by atoms with Crippen LogP contribution in [0.1, 0.15) is 30.7 Å². The predicted octanol–water partition coefficient (Wildman–Crippen LogP) is 4.05. The maximum atomic E-state index is 13.4. The van der Waals surface area contributed by atoms with Gasteiger partial charge in [-0.3, -0.25) is 14.5 Å². The summed E-state index contributed by atoms with van der Waals surface area (Å²) in [5.74, 6) is 0.749. The van der Waals surface area contributed by atoms with Gasteiger partial charge in [-0.1, -0.05) is 50.2 Å². The first-order chi connectivity index (χ1) is 13.5. The van der Waals surface area contributed by atoms with Gasteiger partial charge in [0.2, 0.25) is 0 Å². The van der Waals surface area contributed by atoms with Crippen LogP contribution in [0.2, 0.25) is 0 Å². The van der Waals surface area contributed by atoms with E-state index in [4.69, 9.17) is 0 Å². The minimum Gasteiger partial charge on any atom is -0.366 e. The third-order valence-electron chi connectivity index (χ3n) is 5.56. The second-order valence-corrected chi connectivity index (χ2v) is 9.00. The lowest BCUT2D eigenvalue weighted by Crippen LogP contribution is -2.42. The molecule has 0 N–H and O–H groups in total. The molecule has 4 nitrogen and oxygen atoms in total. The number of rotatable bonds is 5. The van der Waals surface area contributed by atoms with Crippen molar-refractivity contribution in [1.82, 2.24) is 9.80 Å². The topological polar surface area (TPSA) is 40.6 Å². The molecule has 0 aliphatic carbocycles. The normalized spacial score (nSPS) is 23.1. The number of carbonyl (C=O) groups excluding carboxylic acids is 2. The van der Waals surface area contributed by atoms with Crippen molar-refractivity contribution in [3.63, 3.8) is 0 Å². The van der Waals surface area contributed by atoms with Crippen LogP contribution < -0.4 is 0 Å². The van der Waals surface area contributed by atoms with Crippen LogP contribution in [-0.4, -0.2) is 41.2 Å². The van der Waals surface area contributed by atoms with Crippen LogP contribution in [0.3, 0.4) is 0 Å². The van der Waals surface area contributed by atoms with Crippen molar-refractivity contribution in [3.8, 4) is 0 Å². The Kier molecular flexibility index (Phi) is 5.36. The number of hydrogen-bond acceptors (Lipinski definition) is 4. The van der Waals surface area contributed by atoms with Gasteiger partial charge >= 0.3 is 0 Å². The number of likely N-dealkylation sites (tertiary alicyclic amines) is 1. The molecule has 0 spiro atoms. The molecule has 1 saturated heterocycles. The first-order valence-corrected chi connectivity index (χ1v) is 10.9. The zero-order chi connectivity index (χ0) is 19.7. The third-order valence-corrected chi connectivity index (χ3v) is 6.45. The fraction of sp³-hybridized carbons (Fsp3) is 0.391. The van der Waals surface area contributed by atoms with Crippen LogP contribution in [-0.2, 0) is 16.0 Å². The molecule has 0 saturated carbocycles. The highest BCUT2D eigenvalue weighted by Crippen LogP contribution is 2.36. The van der Waals surface area contributed by atoms with Crippen molar-refractivity contribution in [2.45, 2.75) is 26.7 Å². The summed E-state index contributed by atoms with van der Waals surface area (Å²) in [5.41, 5.74) is 2.34. The number of nitrogens with zero attached hydrogens (tertiary/aromatic N) is 2. The molecule has 1 aromatic carbocycles. The number of hydrogen-bond donors (Lipinski definition) is 0. The molecule has 4 rings (SSSR count). The second-order valence-electron chi connectivity index (χ2n) is 8.05. The van der Waals surface area contributed by atoms with E-state index in [1.54, 1.807) is 0 Å². The van der Waals surface area contributed by atoms with Crippen LogP contribution in [0.4, 0.5) is 0 Å². The molecule has 2 aliphatic rings. The number of carbonyl (C=O) groups is 2. The lowest BCUT2D eigenvalue weighted by Gasteiger charge is -2.37. The van der Waals surface area contributed by atoms with E-state index in [1.807, 2.05) is 47.8 Å². The van der Waals surface area contributed by atoms with Crippen LogP contribution in [0.5, 0.6) is 0 Å². The third kappa shape index (κ3) is 3.63. The van der Waals surface area contributed by atoms with Gasteiger partial charge in [-0.2, -0.15) is 0 Å². The highest BCUT2D eigenvalue weighted by Gasteiger charge is 2.42. The monoisotopic (exact) mass is 394 g/mol. The molecule has 3 heterocycles. The fourth-order valence-corrected chi connectivity index (χ4v) is 5.20. The van der Waals surface area contributed by atoms with Gasteiger partial charge in [-0.25, -0.2) is 0 Å². The van der Waals surface area contributed by atoms with Crippen LogP contribution >= 0.6 is 11.3 Å². The van der Waals surface area contributed by atoms with Gasteiger partial charge in [0.25, 0.3) is 11.8 Å². The molecule has 28 heavy (non-hydrogen) atoms. The lowest BCUT2D eigenvalue weighted by atomic mass is 9.91. The largest absolute Gasteiger partial charge is 0.366 e. The Morgan fingerprint density at radius 1 is 0.964 bits per heavy atom. The summed E-state index contributed by atoms with van der Waals surface area (Å²) in [6, 6.07) is 13.9. The van der Waals surface area contributed by atoms with Gasteiger partial charge in [0.1, 0.15) is 5.70 Å². The molecule has 2 unspecified atom stereocenters.